The molecule has 2 amide bonds. The molecule has 27 heavy (non-hydrogen) atoms. The third-order valence-corrected chi connectivity index (χ3v) is 4.64. The van der Waals surface area contributed by atoms with E-state index in [1.54, 1.807) is 19.2 Å². The highest BCUT2D eigenvalue weighted by molar-refractivity contribution is 6.04. The van der Waals surface area contributed by atoms with Crippen molar-refractivity contribution in [1.82, 2.24) is 15.2 Å². The molecule has 0 spiro atoms. The molecule has 144 valence electrons. The fraction of sp³-hybridized carbons (Fsp3) is 0.450. The van der Waals surface area contributed by atoms with Crippen LogP contribution in [0.25, 0.3) is 11.3 Å². The average molecular weight is 371 g/mol. The summed E-state index contributed by atoms with van der Waals surface area (Å²) >= 11 is 0. The van der Waals surface area contributed by atoms with E-state index in [2.05, 4.69) is 10.3 Å². The molecule has 0 atom stereocenters. The molecule has 2 heterocycles. The van der Waals surface area contributed by atoms with Gasteiger partial charge in [0.15, 0.2) is 17.8 Å². The Hall–Kier alpha value is -2.67. The van der Waals surface area contributed by atoms with Gasteiger partial charge >= 0.3 is 0 Å². The van der Waals surface area contributed by atoms with Crippen LogP contribution in [-0.4, -0.2) is 55.0 Å². The Balaban J connectivity index is 1.82. The molecule has 2 aromatic rings. The van der Waals surface area contributed by atoms with E-state index in [-0.39, 0.29) is 17.5 Å². The molecule has 1 aromatic heterocycles. The van der Waals surface area contributed by atoms with Gasteiger partial charge in [-0.2, -0.15) is 0 Å². The van der Waals surface area contributed by atoms with E-state index in [0.717, 1.165) is 32.4 Å². The summed E-state index contributed by atoms with van der Waals surface area (Å²) in [6.45, 7) is 2.57. The molecule has 1 fully saturated rings. The molecule has 3 rings (SSSR count). The van der Waals surface area contributed by atoms with Crippen molar-refractivity contribution in [3.05, 3.63) is 41.9 Å². The number of hydrogen-bond donors (Lipinski definition) is 1. The summed E-state index contributed by atoms with van der Waals surface area (Å²) in [6.07, 6.45) is 5.14. The molecule has 0 bridgehead atoms. The van der Waals surface area contributed by atoms with Gasteiger partial charge in [-0.1, -0.05) is 18.2 Å². The van der Waals surface area contributed by atoms with Crippen molar-refractivity contribution in [1.29, 1.82) is 0 Å². The van der Waals surface area contributed by atoms with Crippen molar-refractivity contribution < 1.29 is 18.7 Å². The van der Waals surface area contributed by atoms with Crippen molar-refractivity contribution in [3.8, 4) is 11.3 Å². The van der Waals surface area contributed by atoms with Gasteiger partial charge in [0.1, 0.15) is 0 Å². The minimum absolute atomic E-state index is 0.0341. The lowest BCUT2D eigenvalue weighted by Gasteiger charge is -2.27. The second-order valence-electron chi connectivity index (χ2n) is 6.53. The Labute approximate surface area is 158 Å². The predicted molar refractivity (Wildman–Crippen MR) is 101 cm³/mol. The van der Waals surface area contributed by atoms with Crippen LogP contribution < -0.4 is 5.32 Å². The number of methoxy groups -OCH3 is 1. The monoisotopic (exact) mass is 371 g/mol. The van der Waals surface area contributed by atoms with Gasteiger partial charge in [-0.05, 0) is 31.7 Å². The molecule has 7 nitrogen and oxygen atoms in total. The second-order valence-corrected chi connectivity index (χ2v) is 6.53. The second kappa shape index (κ2) is 9.32. The first-order chi connectivity index (χ1) is 13.2. The lowest BCUT2D eigenvalue weighted by molar-refractivity contribution is 0.0724. The molecule has 0 aliphatic carbocycles. The van der Waals surface area contributed by atoms with Crippen LogP contribution in [0.15, 0.2) is 35.1 Å². The maximum atomic E-state index is 13.0. The number of piperidine rings is 1. The minimum Gasteiger partial charge on any atom is -0.443 e. The van der Waals surface area contributed by atoms with Crippen LogP contribution in [0.5, 0.6) is 0 Å². The topological polar surface area (TPSA) is 84.7 Å². The minimum atomic E-state index is -0.324. The predicted octanol–water partition coefficient (Wildman–Crippen LogP) is 2.73. The first-order valence-electron chi connectivity index (χ1n) is 9.31. The third-order valence-electron chi connectivity index (χ3n) is 4.64. The standard InChI is InChI=1S/C20H25N3O4/c1-26-13-7-10-21-19(24)17-18(27-14-22-17)15-8-3-4-9-16(15)20(25)23-11-5-2-6-12-23/h3-4,8-9,14H,2,5-7,10-13H2,1H3,(H,21,24). The van der Waals surface area contributed by atoms with E-state index in [1.807, 2.05) is 17.0 Å². The largest absolute Gasteiger partial charge is 0.443 e. The maximum Gasteiger partial charge on any atom is 0.273 e. The molecule has 0 unspecified atom stereocenters. The van der Waals surface area contributed by atoms with Crippen molar-refractivity contribution in [2.75, 3.05) is 33.4 Å². The summed E-state index contributed by atoms with van der Waals surface area (Å²) in [4.78, 5) is 31.4. The number of nitrogens with one attached hydrogen (secondary N) is 1. The Morgan fingerprint density at radius 1 is 1.22 bits per heavy atom. The van der Waals surface area contributed by atoms with E-state index in [0.29, 0.717) is 36.5 Å². The highest BCUT2D eigenvalue weighted by Crippen LogP contribution is 2.28. The highest BCUT2D eigenvalue weighted by Gasteiger charge is 2.25. The number of likely N-dealkylation sites (tertiary alicyclic amines) is 1. The fourth-order valence-electron chi connectivity index (χ4n) is 3.24. The van der Waals surface area contributed by atoms with Crippen LogP contribution >= 0.6 is 0 Å². The van der Waals surface area contributed by atoms with Crippen molar-refractivity contribution in [3.63, 3.8) is 0 Å². The van der Waals surface area contributed by atoms with Gasteiger partial charge in [-0.15, -0.1) is 0 Å². The van der Waals surface area contributed by atoms with Gasteiger partial charge in [-0.3, -0.25) is 9.59 Å². The number of nitrogens with zero attached hydrogens (tertiary/aromatic N) is 2. The summed E-state index contributed by atoms with van der Waals surface area (Å²) in [6, 6.07) is 7.21. The number of hydrogen-bond acceptors (Lipinski definition) is 5. The maximum absolute atomic E-state index is 13.0. The zero-order valence-corrected chi connectivity index (χ0v) is 15.6. The number of carbonyl (C=O) groups is 2. The average Bonchev–Trinajstić information content (AvgIpc) is 3.21. The first-order valence-corrected chi connectivity index (χ1v) is 9.31. The normalized spacial score (nSPS) is 14.2. The molecule has 1 aromatic carbocycles. The summed E-state index contributed by atoms with van der Waals surface area (Å²) in [7, 11) is 1.62. The van der Waals surface area contributed by atoms with Crippen LogP contribution in [0.4, 0.5) is 0 Å². The molecule has 1 saturated heterocycles. The van der Waals surface area contributed by atoms with Crippen LogP contribution in [0, 0.1) is 0 Å². The molecule has 1 aliphatic rings. The molecular formula is C20H25N3O4. The van der Waals surface area contributed by atoms with Crippen molar-refractivity contribution in [2.24, 2.45) is 0 Å². The van der Waals surface area contributed by atoms with Crippen molar-refractivity contribution >= 4 is 11.8 Å². The molecule has 0 radical (unpaired) electrons. The van der Waals surface area contributed by atoms with Gasteiger partial charge in [0.25, 0.3) is 11.8 Å². The van der Waals surface area contributed by atoms with Crippen LogP contribution in [0.3, 0.4) is 0 Å². The molecular weight excluding hydrogens is 346 g/mol. The van der Waals surface area contributed by atoms with E-state index < -0.39 is 0 Å². The lowest BCUT2D eigenvalue weighted by atomic mass is 10.0. The molecule has 1 N–H and O–H groups in total. The Bertz CT molecular complexity index is 781. The number of oxazole rings is 1. The quantitative estimate of drug-likeness (QED) is 0.757. The molecule has 7 heteroatoms. The van der Waals surface area contributed by atoms with Crippen LogP contribution in [0.2, 0.25) is 0 Å². The van der Waals surface area contributed by atoms with Gasteiger partial charge in [0, 0.05) is 38.9 Å². The van der Waals surface area contributed by atoms with Crippen LogP contribution in [-0.2, 0) is 4.74 Å². The van der Waals surface area contributed by atoms with Gasteiger partial charge in [0.2, 0.25) is 0 Å². The van der Waals surface area contributed by atoms with E-state index in [1.165, 1.54) is 6.39 Å². The summed E-state index contributed by atoms with van der Waals surface area (Å²) < 4.78 is 10.5. The number of benzene rings is 1. The zero-order valence-electron chi connectivity index (χ0n) is 15.6. The number of carbonyl (C=O) groups excluding carboxylic acids is 2. The number of amides is 2. The number of ether oxygens (including phenoxy) is 1. The highest BCUT2D eigenvalue weighted by atomic mass is 16.5. The molecule has 0 saturated carbocycles. The molecule has 1 aliphatic heterocycles. The summed E-state index contributed by atoms with van der Waals surface area (Å²) in [5.41, 5.74) is 1.31. The Kier molecular flexibility index (Phi) is 6.59. The van der Waals surface area contributed by atoms with Gasteiger partial charge in [0.05, 0.1) is 5.56 Å². The van der Waals surface area contributed by atoms with E-state index in [9.17, 15) is 9.59 Å². The smallest absolute Gasteiger partial charge is 0.273 e. The van der Waals surface area contributed by atoms with E-state index in [4.69, 9.17) is 9.15 Å². The Morgan fingerprint density at radius 2 is 2.00 bits per heavy atom. The number of aromatic nitrogens is 1. The van der Waals surface area contributed by atoms with Crippen LogP contribution in [0.1, 0.15) is 46.5 Å². The lowest BCUT2D eigenvalue weighted by Crippen LogP contribution is -2.35. The van der Waals surface area contributed by atoms with E-state index >= 15 is 0 Å². The summed E-state index contributed by atoms with van der Waals surface area (Å²) in [5.74, 6) is -0.0385. The zero-order chi connectivity index (χ0) is 19.1. The fourth-order valence-corrected chi connectivity index (χ4v) is 3.24. The van der Waals surface area contributed by atoms with Gasteiger partial charge in [-0.25, -0.2) is 4.98 Å². The van der Waals surface area contributed by atoms with Crippen molar-refractivity contribution in [2.45, 2.75) is 25.7 Å². The third kappa shape index (κ3) is 4.54. The first kappa shape index (κ1) is 19.1. The summed E-state index contributed by atoms with van der Waals surface area (Å²) in [5, 5.41) is 2.81. The Morgan fingerprint density at radius 3 is 2.78 bits per heavy atom. The number of rotatable bonds is 7. The SMILES string of the molecule is COCCCNC(=O)c1ncoc1-c1ccccc1C(=O)N1CCCCC1. The van der Waals surface area contributed by atoms with Gasteiger partial charge < -0.3 is 19.4 Å².